The summed E-state index contributed by atoms with van der Waals surface area (Å²) in [5.74, 6) is 1.48. The maximum atomic E-state index is 11.7. The van der Waals surface area contributed by atoms with Gasteiger partial charge in [0.15, 0.2) is 0 Å². The SMILES string of the molecule is CC(C)=CP(=O)(O)CCc1ccccc1. The van der Waals surface area contributed by atoms with Crippen LogP contribution >= 0.6 is 7.37 Å². The summed E-state index contributed by atoms with van der Waals surface area (Å²) in [5, 5.41) is 0. The molecule has 1 N–H and O–H groups in total. The first-order chi connectivity index (χ1) is 6.99. The normalized spacial score (nSPS) is 14.3. The van der Waals surface area contributed by atoms with Crippen LogP contribution < -0.4 is 0 Å². The van der Waals surface area contributed by atoms with Gasteiger partial charge in [0.2, 0.25) is 7.37 Å². The highest BCUT2D eigenvalue weighted by molar-refractivity contribution is 7.61. The quantitative estimate of drug-likeness (QED) is 0.795. The average Bonchev–Trinajstić information content (AvgIpc) is 2.15. The van der Waals surface area contributed by atoms with Crippen molar-refractivity contribution < 1.29 is 9.46 Å². The van der Waals surface area contributed by atoms with Gasteiger partial charge in [0.05, 0.1) is 0 Å². The molecule has 1 aromatic rings. The van der Waals surface area contributed by atoms with Gasteiger partial charge in [-0.25, -0.2) is 0 Å². The second kappa shape index (κ2) is 5.29. The fourth-order valence-electron chi connectivity index (χ4n) is 1.40. The van der Waals surface area contributed by atoms with Crippen molar-refractivity contribution in [1.29, 1.82) is 0 Å². The molecule has 0 heterocycles. The third kappa shape index (κ3) is 4.96. The highest BCUT2D eigenvalue weighted by atomic mass is 31.2. The molecule has 0 aliphatic heterocycles. The van der Waals surface area contributed by atoms with E-state index >= 15 is 0 Å². The molecule has 0 bridgehead atoms. The van der Waals surface area contributed by atoms with Gasteiger partial charge in [-0.05, 0) is 31.6 Å². The molecule has 0 spiro atoms. The van der Waals surface area contributed by atoms with E-state index in [2.05, 4.69) is 0 Å². The van der Waals surface area contributed by atoms with Crippen molar-refractivity contribution in [2.45, 2.75) is 20.3 Å². The van der Waals surface area contributed by atoms with E-state index in [-0.39, 0.29) is 0 Å². The fourth-order valence-corrected chi connectivity index (χ4v) is 2.92. The van der Waals surface area contributed by atoms with E-state index in [0.717, 1.165) is 11.1 Å². The van der Waals surface area contributed by atoms with E-state index in [4.69, 9.17) is 0 Å². The van der Waals surface area contributed by atoms with E-state index in [1.54, 1.807) is 0 Å². The largest absolute Gasteiger partial charge is 0.341 e. The Kier molecular flexibility index (Phi) is 4.31. The van der Waals surface area contributed by atoms with Crippen LogP contribution in [0.3, 0.4) is 0 Å². The average molecular weight is 224 g/mol. The Hall–Kier alpha value is -0.850. The van der Waals surface area contributed by atoms with Gasteiger partial charge in [-0.15, -0.1) is 0 Å². The van der Waals surface area contributed by atoms with Gasteiger partial charge in [0.25, 0.3) is 0 Å². The summed E-state index contributed by atoms with van der Waals surface area (Å²) in [6, 6.07) is 9.78. The van der Waals surface area contributed by atoms with E-state index in [9.17, 15) is 9.46 Å². The highest BCUT2D eigenvalue weighted by Gasteiger charge is 2.13. The summed E-state index contributed by atoms with van der Waals surface area (Å²) in [6.07, 6.45) is 0.973. The number of hydrogen-bond donors (Lipinski definition) is 1. The van der Waals surface area contributed by atoms with Crippen LogP contribution in [0.5, 0.6) is 0 Å². The Labute approximate surface area is 91.1 Å². The molecule has 82 valence electrons. The molecule has 0 fully saturated rings. The van der Waals surface area contributed by atoms with Crippen molar-refractivity contribution in [3.63, 3.8) is 0 Å². The first-order valence-electron chi connectivity index (χ1n) is 5.01. The van der Waals surface area contributed by atoms with Crippen molar-refractivity contribution in [1.82, 2.24) is 0 Å². The Morgan fingerprint density at radius 1 is 1.33 bits per heavy atom. The maximum Gasteiger partial charge on any atom is 0.222 e. The highest BCUT2D eigenvalue weighted by Crippen LogP contribution is 2.43. The molecule has 1 unspecified atom stereocenters. The monoisotopic (exact) mass is 224 g/mol. The molecule has 0 aliphatic rings. The molecular weight excluding hydrogens is 207 g/mol. The fraction of sp³-hybridized carbons (Fsp3) is 0.333. The molecule has 0 saturated carbocycles. The molecular formula is C12H17O2P. The van der Waals surface area contributed by atoms with Crippen molar-refractivity contribution in [3.05, 3.63) is 47.3 Å². The molecule has 1 rings (SSSR count). The molecule has 1 aromatic carbocycles. The number of hydrogen-bond acceptors (Lipinski definition) is 1. The van der Waals surface area contributed by atoms with Crippen molar-refractivity contribution in [3.8, 4) is 0 Å². The molecule has 1 atom stereocenters. The molecule has 0 radical (unpaired) electrons. The van der Waals surface area contributed by atoms with Gasteiger partial charge >= 0.3 is 0 Å². The third-order valence-corrected chi connectivity index (χ3v) is 3.81. The lowest BCUT2D eigenvalue weighted by Crippen LogP contribution is -1.92. The number of allylic oxidation sites excluding steroid dienone is 1. The second-order valence-corrected chi connectivity index (χ2v) is 6.14. The first-order valence-corrected chi connectivity index (χ1v) is 6.92. The summed E-state index contributed by atoms with van der Waals surface area (Å²) < 4.78 is 11.7. The number of rotatable bonds is 4. The topological polar surface area (TPSA) is 37.3 Å². The zero-order chi connectivity index (χ0) is 11.3. The lowest BCUT2D eigenvalue weighted by Gasteiger charge is -2.07. The third-order valence-electron chi connectivity index (χ3n) is 2.02. The zero-order valence-corrected chi connectivity index (χ0v) is 10.1. The number of benzene rings is 1. The van der Waals surface area contributed by atoms with Crippen molar-refractivity contribution >= 4 is 7.37 Å². The Bertz CT molecular complexity index is 378. The van der Waals surface area contributed by atoms with Crippen LogP contribution in [0.25, 0.3) is 0 Å². The molecule has 0 amide bonds. The minimum atomic E-state index is -3.08. The Balaban J connectivity index is 2.58. The van der Waals surface area contributed by atoms with Crippen LogP contribution in [-0.4, -0.2) is 11.1 Å². The summed E-state index contributed by atoms with van der Waals surface area (Å²) >= 11 is 0. The van der Waals surface area contributed by atoms with E-state index < -0.39 is 7.37 Å². The number of aryl methyl sites for hydroxylation is 1. The van der Waals surface area contributed by atoms with Gasteiger partial charge < -0.3 is 4.89 Å². The minimum Gasteiger partial charge on any atom is -0.341 e. The summed E-state index contributed by atoms with van der Waals surface area (Å²) in [5.41, 5.74) is 2.00. The van der Waals surface area contributed by atoms with Crippen LogP contribution in [0.2, 0.25) is 0 Å². The molecule has 15 heavy (non-hydrogen) atoms. The van der Waals surface area contributed by atoms with E-state index in [0.29, 0.717) is 12.6 Å². The Morgan fingerprint density at radius 3 is 2.47 bits per heavy atom. The molecule has 0 aromatic heterocycles. The molecule has 3 heteroatoms. The maximum absolute atomic E-state index is 11.7. The Morgan fingerprint density at radius 2 is 1.93 bits per heavy atom. The summed E-state index contributed by atoms with van der Waals surface area (Å²) in [4.78, 5) is 9.63. The predicted molar refractivity (Wildman–Crippen MR) is 64.3 cm³/mol. The molecule has 2 nitrogen and oxygen atoms in total. The second-order valence-electron chi connectivity index (χ2n) is 3.92. The van der Waals surface area contributed by atoms with Crippen molar-refractivity contribution in [2.24, 2.45) is 0 Å². The summed E-state index contributed by atoms with van der Waals surface area (Å²) in [7, 11) is -3.08. The van der Waals surface area contributed by atoms with Gasteiger partial charge in [0, 0.05) is 6.16 Å². The zero-order valence-electron chi connectivity index (χ0n) is 9.18. The standard InChI is InChI=1S/C12H17O2P/c1-11(2)10-15(13,14)9-8-12-6-4-3-5-7-12/h3-7,10H,8-9H2,1-2H3,(H,13,14). The van der Waals surface area contributed by atoms with Gasteiger partial charge in [-0.2, -0.15) is 0 Å². The van der Waals surface area contributed by atoms with Crippen LogP contribution in [0, 0.1) is 0 Å². The summed E-state index contributed by atoms with van der Waals surface area (Å²) in [6.45, 7) is 3.68. The van der Waals surface area contributed by atoms with Crippen molar-refractivity contribution in [2.75, 3.05) is 6.16 Å². The van der Waals surface area contributed by atoms with E-state index in [1.165, 1.54) is 5.82 Å². The van der Waals surface area contributed by atoms with Gasteiger partial charge in [0.1, 0.15) is 0 Å². The lowest BCUT2D eigenvalue weighted by molar-refractivity contribution is 0.488. The van der Waals surface area contributed by atoms with Crippen LogP contribution in [0.1, 0.15) is 19.4 Å². The predicted octanol–water partition coefficient (Wildman–Crippen LogP) is 3.42. The van der Waals surface area contributed by atoms with Crippen LogP contribution in [0.4, 0.5) is 0 Å². The minimum absolute atomic E-state index is 0.322. The van der Waals surface area contributed by atoms with E-state index in [1.807, 2.05) is 44.2 Å². The smallest absolute Gasteiger partial charge is 0.222 e. The van der Waals surface area contributed by atoms with Crippen LogP contribution in [-0.2, 0) is 11.0 Å². The lowest BCUT2D eigenvalue weighted by atomic mass is 10.2. The van der Waals surface area contributed by atoms with Crippen LogP contribution in [0.15, 0.2) is 41.7 Å². The van der Waals surface area contributed by atoms with Gasteiger partial charge in [-0.3, -0.25) is 4.57 Å². The molecule has 0 saturated heterocycles. The first kappa shape index (κ1) is 12.2. The van der Waals surface area contributed by atoms with Gasteiger partial charge in [-0.1, -0.05) is 35.9 Å². The molecule has 0 aliphatic carbocycles.